The Kier molecular flexibility index (Phi) is 9.17. The highest BCUT2D eigenvalue weighted by molar-refractivity contribution is 14.0. The Morgan fingerprint density at radius 2 is 2.04 bits per heavy atom. The summed E-state index contributed by atoms with van der Waals surface area (Å²) in [5, 5.41) is 6.90. The van der Waals surface area contributed by atoms with Crippen LogP contribution in [0.3, 0.4) is 0 Å². The van der Waals surface area contributed by atoms with Crippen molar-refractivity contribution in [2.75, 3.05) is 13.1 Å². The van der Waals surface area contributed by atoms with E-state index in [2.05, 4.69) is 20.6 Å². The fourth-order valence-corrected chi connectivity index (χ4v) is 3.32. The highest BCUT2D eigenvalue weighted by atomic mass is 127. The van der Waals surface area contributed by atoms with Crippen molar-refractivity contribution in [3.63, 3.8) is 0 Å². The van der Waals surface area contributed by atoms with Gasteiger partial charge in [0.25, 0.3) is 0 Å². The Balaban J connectivity index is 0.00000261. The number of halogens is 1. The van der Waals surface area contributed by atoms with Gasteiger partial charge < -0.3 is 19.5 Å². The Morgan fingerprint density at radius 1 is 1.22 bits per heavy atom. The molecular weight excluding hydrogens is 455 g/mol. The molecule has 2 N–H and O–H groups in total. The van der Waals surface area contributed by atoms with E-state index in [1.807, 2.05) is 26.0 Å². The maximum atomic E-state index is 5.63. The third kappa shape index (κ3) is 7.20. The minimum absolute atomic E-state index is 0. The standard InChI is InChI=1S/C20H30N4O2.HI/c1-15-16(2)26-19(24-15)14-23-20(21-11-10-18-9-6-12-25-18)22-13-17-7-4-3-5-8-17;/h6,9,12,17H,3-5,7-8,10-11,13-14H2,1-2H3,(H2,21,22,23);1H. The molecule has 1 aliphatic carbocycles. The molecule has 0 atom stereocenters. The van der Waals surface area contributed by atoms with Gasteiger partial charge in [-0.1, -0.05) is 19.3 Å². The molecule has 1 fully saturated rings. The number of rotatable bonds is 7. The molecular formula is C20H31IN4O2. The van der Waals surface area contributed by atoms with Crippen molar-refractivity contribution in [1.29, 1.82) is 0 Å². The van der Waals surface area contributed by atoms with Gasteiger partial charge in [-0.3, -0.25) is 0 Å². The molecule has 2 aromatic heterocycles. The number of guanidine groups is 1. The Labute approximate surface area is 178 Å². The second-order valence-corrected chi connectivity index (χ2v) is 7.06. The SMILES string of the molecule is Cc1nc(CN=C(NCCc2ccco2)NCC2CCCCC2)oc1C.I. The van der Waals surface area contributed by atoms with Gasteiger partial charge in [-0.2, -0.15) is 0 Å². The fraction of sp³-hybridized carbons (Fsp3) is 0.600. The molecule has 7 heteroatoms. The van der Waals surface area contributed by atoms with E-state index < -0.39 is 0 Å². The predicted octanol–water partition coefficient (Wildman–Crippen LogP) is 4.36. The first-order valence-electron chi connectivity index (χ1n) is 9.68. The number of aryl methyl sites for hydroxylation is 2. The van der Waals surface area contributed by atoms with E-state index in [-0.39, 0.29) is 24.0 Å². The van der Waals surface area contributed by atoms with Gasteiger partial charge in [0.1, 0.15) is 18.1 Å². The summed E-state index contributed by atoms with van der Waals surface area (Å²) in [7, 11) is 0. The zero-order valence-corrected chi connectivity index (χ0v) is 18.6. The summed E-state index contributed by atoms with van der Waals surface area (Å²) < 4.78 is 11.0. The lowest BCUT2D eigenvalue weighted by molar-refractivity contribution is 0.355. The van der Waals surface area contributed by atoms with E-state index in [9.17, 15) is 0 Å². The van der Waals surface area contributed by atoms with Gasteiger partial charge in [-0.15, -0.1) is 24.0 Å². The largest absolute Gasteiger partial charge is 0.469 e. The summed E-state index contributed by atoms with van der Waals surface area (Å²) >= 11 is 0. The van der Waals surface area contributed by atoms with Gasteiger partial charge in [0, 0.05) is 19.5 Å². The van der Waals surface area contributed by atoms with Gasteiger partial charge in [0.15, 0.2) is 5.96 Å². The number of hydrogen-bond donors (Lipinski definition) is 2. The lowest BCUT2D eigenvalue weighted by Crippen LogP contribution is -2.41. The van der Waals surface area contributed by atoms with E-state index in [0.717, 1.165) is 48.6 Å². The van der Waals surface area contributed by atoms with Crippen molar-refractivity contribution in [2.24, 2.45) is 10.9 Å². The maximum absolute atomic E-state index is 5.63. The van der Waals surface area contributed by atoms with Crippen molar-refractivity contribution in [3.8, 4) is 0 Å². The van der Waals surface area contributed by atoms with Crippen LogP contribution in [-0.2, 0) is 13.0 Å². The van der Waals surface area contributed by atoms with Crippen LogP contribution in [0.25, 0.3) is 0 Å². The first-order chi connectivity index (χ1) is 12.7. The Morgan fingerprint density at radius 3 is 2.70 bits per heavy atom. The first-order valence-corrected chi connectivity index (χ1v) is 9.68. The number of nitrogens with zero attached hydrogens (tertiary/aromatic N) is 2. The highest BCUT2D eigenvalue weighted by Gasteiger charge is 2.14. The summed E-state index contributed by atoms with van der Waals surface area (Å²) in [5.74, 6) is 4.05. The number of furan rings is 1. The quantitative estimate of drug-likeness (QED) is 0.346. The minimum Gasteiger partial charge on any atom is -0.469 e. The van der Waals surface area contributed by atoms with E-state index >= 15 is 0 Å². The van der Waals surface area contributed by atoms with Gasteiger partial charge >= 0.3 is 0 Å². The molecule has 0 bridgehead atoms. The van der Waals surface area contributed by atoms with Crippen LogP contribution in [0.4, 0.5) is 0 Å². The van der Waals surface area contributed by atoms with Crippen LogP contribution >= 0.6 is 24.0 Å². The second kappa shape index (κ2) is 11.4. The number of oxazole rings is 1. The van der Waals surface area contributed by atoms with Crippen LogP contribution < -0.4 is 10.6 Å². The summed E-state index contributed by atoms with van der Waals surface area (Å²) in [6.45, 7) is 6.06. The van der Waals surface area contributed by atoms with Crippen molar-refractivity contribution in [3.05, 3.63) is 41.5 Å². The Bertz CT molecular complexity index is 671. The number of aliphatic imine (C=N–C) groups is 1. The highest BCUT2D eigenvalue weighted by Crippen LogP contribution is 2.22. The normalized spacial score (nSPS) is 15.4. The second-order valence-electron chi connectivity index (χ2n) is 7.06. The van der Waals surface area contributed by atoms with Gasteiger partial charge in [-0.25, -0.2) is 9.98 Å². The Hall–Kier alpha value is -1.51. The van der Waals surface area contributed by atoms with Crippen LogP contribution in [0.5, 0.6) is 0 Å². The molecule has 0 amide bonds. The molecule has 0 aliphatic heterocycles. The third-order valence-corrected chi connectivity index (χ3v) is 4.97. The predicted molar refractivity (Wildman–Crippen MR) is 118 cm³/mol. The summed E-state index contributed by atoms with van der Waals surface area (Å²) in [6, 6.07) is 3.91. The van der Waals surface area contributed by atoms with Crippen LogP contribution in [0.2, 0.25) is 0 Å². The summed E-state index contributed by atoms with van der Waals surface area (Å²) in [6.07, 6.45) is 9.23. The molecule has 0 aromatic carbocycles. The molecule has 0 spiro atoms. The number of aromatic nitrogens is 1. The number of hydrogen-bond acceptors (Lipinski definition) is 4. The first kappa shape index (κ1) is 21.8. The molecule has 3 rings (SSSR count). The van der Waals surface area contributed by atoms with Crippen molar-refractivity contribution in [1.82, 2.24) is 15.6 Å². The molecule has 27 heavy (non-hydrogen) atoms. The van der Waals surface area contributed by atoms with E-state index in [1.165, 1.54) is 32.1 Å². The van der Waals surface area contributed by atoms with Gasteiger partial charge in [0.05, 0.1) is 12.0 Å². The summed E-state index contributed by atoms with van der Waals surface area (Å²) in [4.78, 5) is 9.07. The van der Waals surface area contributed by atoms with Crippen molar-refractivity contribution >= 4 is 29.9 Å². The topological polar surface area (TPSA) is 75.6 Å². The number of nitrogens with one attached hydrogen (secondary N) is 2. The average molecular weight is 486 g/mol. The van der Waals surface area contributed by atoms with Gasteiger partial charge in [-0.05, 0) is 44.7 Å². The molecule has 6 nitrogen and oxygen atoms in total. The average Bonchev–Trinajstić information content (AvgIpc) is 3.28. The van der Waals surface area contributed by atoms with Gasteiger partial charge in [0.2, 0.25) is 5.89 Å². The molecule has 0 radical (unpaired) electrons. The van der Waals surface area contributed by atoms with E-state index in [4.69, 9.17) is 8.83 Å². The molecule has 1 saturated carbocycles. The minimum atomic E-state index is 0. The third-order valence-electron chi connectivity index (χ3n) is 4.97. The maximum Gasteiger partial charge on any atom is 0.216 e. The van der Waals surface area contributed by atoms with Crippen LogP contribution in [0.1, 0.15) is 55.2 Å². The lowest BCUT2D eigenvalue weighted by Gasteiger charge is -2.23. The molecule has 150 valence electrons. The van der Waals surface area contributed by atoms with E-state index in [1.54, 1.807) is 6.26 Å². The fourth-order valence-electron chi connectivity index (χ4n) is 3.32. The molecule has 0 saturated heterocycles. The molecule has 0 unspecified atom stereocenters. The van der Waals surface area contributed by atoms with Crippen molar-refractivity contribution < 1.29 is 8.83 Å². The monoisotopic (exact) mass is 486 g/mol. The van der Waals surface area contributed by atoms with Crippen LogP contribution in [0, 0.1) is 19.8 Å². The zero-order valence-electron chi connectivity index (χ0n) is 16.3. The summed E-state index contributed by atoms with van der Waals surface area (Å²) in [5.41, 5.74) is 0.928. The molecule has 2 heterocycles. The molecule has 1 aliphatic rings. The zero-order chi connectivity index (χ0) is 18.2. The van der Waals surface area contributed by atoms with Crippen LogP contribution in [0.15, 0.2) is 32.2 Å². The van der Waals surface area contributed by atoms with E-state index in [0.29, 0.717) is 12.4 Å². The van der Waals surface area contributed by atoms with Crippen molar-refractivity contribution in [2.45, 2.75) is 58.9 Å². The lowest BCUT2D eigenvalue weighted by atomic mass is 9.89. The molecule has 2 aromatic rings. The van der Waals surface area contributed by atoms with Crippen LogP contribution in [-0.4, -0.2) is 24.0 Å². The smallest absolute Gasteiger partial charge is 0.216 e.